The van der Waals surface area contributed by atoms with E-state index in [0.29, 0.717) is 5.56 Å². The smallest absolute Gasteiger partial charge is 0.331 e. The predicted molar refractivity (Wildman–Crippen MR) is 97.1 cm³/mol. The van der Waals surface area contributed by atoms with E-state index in [0.717, 1.165) is 16.1 Å². The lowest BCUT2D eigenvalue weighted by molar-refractivity contribution is -0.144. The highest BCUT2D eigenvalue weighted by molar-refractivity contribution is 9.10. The van der Waals surface area contributed by atoms with Crippen molar-refractivity contribution in [2.45, 2.75) is 13.0 Å². The van der Waals surface area contributed by atoms with E-state index in [2.05, 4.69) is 21.2 Å². The Balaban J connectivity index is 1.79. The van der Waals surface area contributed by atoms with Crippen molar-refractivity contribution in [1.82, 2.24) is 5.32 Å². The standard InChI is InChI=1S/C19H17BrFNO3/c1-13(15-6-8-16(20)9-7-15)22-18(23)12-25-19(24)10-5-14-3-2-4-17(21)11-14/h2-11,13H,12H2,1H3,(H,22,23)/b10-5+/t13-/m0/s1. The zero-order valence-electron chi connectivity index (χ0n) is 13.5. The van der Waals surface area contributed by atoms with Gasteiger partial charge in [0.1, 0.15) is 5.82 Å². The highest BCUT2D eigenvalue weighted by Crippen LogP contribution is 2.16. The van der Waals surface area contributed by atoms with Crippen molar-refractivity contribution in [3.05, 3.63) is 76.0 Å². The summed E-state index contributed by atoms with van der Waals surface area (Å²) in [6.45, 7) is 1.46. The minimum absolute atomic E-state index is 0.206. The summed E-state index contributed by atoms with van der Waals surface area (Å²) in [5, 5.41) is 2.75. The fourth-order valence-corrected chi connectivity index (χ4v) is 2.34. The number of nitrogens with one attached hydrogen (secondary N) is 1. The SMILES string of the molecule is C[C@H](NC(=O)COC(=O)/C=C/c1cccc(F)c1)c1ccc(Br)cc1. The van der Waals surface area contributed by atoms with Crippen molar-refractivity contribution in [3.8, 4) is 0 Å². The van der Waals surface area contributed by atoms with E-state index >= 15 is 0 Å². The Morgan fingerprint density at radius 1 is 1.24 bits per heavy atom. The molecule has 0 saturated heterocycles. The Labute approximate surface area is 153 Å². The third-order valence-corrected chi connectivity index (χ3v) is 3.88. The number of hydrogen-bond acceptors (Lipinski definition) is 3. The van der Waals surface area contributed by atoms with Crippen LogP contribution in [0.3, 0.4) is 0 Å². The molecule has 2 aromatic carbocycles. The first-order valence-electron chi connectivity index (χ1n) is 7.59. The molecule has 0 unspecified atom stereocenters. The normalized spacial score (nSPS) is 12.0. The number of benzene rings is 2. The molecule has 25 heavy (non-hydrogen) atoms. The molecule has 0 radical (unpaired) electrons. The van der Waals surface area contributed by atoms with Gasteiger partial charge in [-0.2, -0.15) is 0 Å². The summed E-state index contributed by atoms with van der Waals surface area (Å²) >= 11 is 3.35. The molecule has 0 spiro atoms. The van der Waals surface area contributed by atoms with Gasteiger partial charge in [-0.15, -0.1) is 0 Å². The van der Waals surface area contributed by atoms with Crippen LogP contribution < -0.4 is 5.32 Å². The predicted octanol–water partition coefficient (Wildman–Crippen LogP) is 4.02. The Kier molecular flexibility index (Phi) is 6.89. The molecule has 4 nitrogen and oxygen atoms in total. The molecule has 2 rings (SSSR count). The Morgan fingerprint density at radius 3 is 2.64 bits per heavy atom. The van der Waals surface area contributed by atoms with E-state index in [1.807, 2.05) is 31.2 Å². The number of amides is 1. The van der Waals surface area contributed by atoms with Crippen LogP contribution in [-0.4, -0.2) is 18.5 Å². The molecule has 1 amide bonds. The van der Waals surface area contributed by atoms with E-state index in [1.165, 1.54) is 24.3 Å². The summed E-state index contributed by atoms with van der Waals surface area (Å²) < 4.78 is 18.8. The van der Waals surface area contributed by atoms with Crippen LogP contribution in [0, 0.1) is 5.82 Å². The molecule has 0 bridgehead atoms. The lowest BCUT2D eigenvalue weighted by Crippen LogP contribution is -2.30. The Morgan fingerprint density at radius 2 is 1.96 bits per heavy atom. The van der Waals surface area contributed by atoms with Gasteiger partial charge in [-0.05, 0) is 48.4 Å². The third kappa shape index (κ3) is 6.51. The van der Waals surface area contributed by atoms with Gasteiger partial charge in [0.15, 0.2) is 6.61 Å². The van der Waals surface area contributed by atoms with Crippen LogP contribution >= 0.6 is 15.9 Å². The number of rotatable bonds is 6. The molecule has 130 valence electrons. The van der Waals surface area contributed by atoms with Crippen LogP contribution in [0.25, 0.3) is 6.08 Å². The number of halogens is 2. The maximum absolute atomic E-state index is 13.0. The summed E-state index contributed by atoms with van der Waals surface area (Å²) in [7, 11) is 0. The quantitative estimate of drug-likeness (QED) is 0.583. The summed E-state index contributed by atoms with van der Waals surface area (Å²) in [4.78, 5) is 23.5. The van der Waals surface area contributed by atoms with Crippen molar-refractivity contribution in [3.63, 3.8) is 0 Å². The second kappa shape index (κ2) is 9.13. The number of carbonyl (C=O) groups excluding carboxylic acids is 2. The molecule has 2 aromatic rings. The zero-order valence-corrected chi connectivity index (χ0v) is 15.1. The molecule has 1 N–H and O–H groups in total. The van der Waals surface area contributed by atoms with Gasteiger partial charge in [-0.1, -0.05) is 40.2 Å². The van der Waals surface area contributed by atoms with Gasteiger partial charge in [-0.3, -0.25) is 4.79 Å². The van der Waals surface area contributed by atoms with Crippen molar-refractivity contribution < 1.29 is 18.7 Å². The first-order valence-corrected chi connectivity index (χ1v) is 8.38. The average molecular weight is 406 g/mol. The molecule has 0 saturated carbocycles. The number of ether oxygens (including phenoxy) is 1. The van der Waals surface area contributed by atoms with Crippen molar-refractivity contribution >= 4 is 33.9 Å². The molecule has 0 aliphatic carbocycles. The van der Waals surface area contributed by atoms with Crippen LogP contribution in [0.2, 0.25) is 0 Å². The molecule has 1 atom stereocenters. The average Bonchev–Trinajstić information content (AvgIpc) is 2.58. The molecule has 0 aliphatic heterocycles. The molecule has 0 heterocycles. The van der Waals surface area contributed by atoms with Gasteiger partial charge in [0, 0.05) is 10.5 Å². The molecule has 0 fully saturated rings. The second-order valence-electron chi connectivity index (χ2n) is 5.34. The lowest BCUT2D eigenvalue weighted by atomic mass is 10.1. The Bertz CT molecular complexity index is 774. The van der Waals surface area contributed by atoms with Gasteiger partial charge in [0.05, 0.1) is 6.04 Å². The molecule has 0 aromatic heterocycles. The van der Waals surface area contributed by atoms with Crippen molar-refractivity contribution in [2.75, 3.05) is 6.61 Å². The van der Waals surface area contributed by atoms with Crippen LogP contribution in [-0.2, 0) is 14.3 Å². The van der Waals surface area contributed by atoms with Gasteiger partial charge in [0.2, 0.25) is 0 Å². The van der Waals surface area contributed by atoms with E-state index in [-0.39, 0.29) is 12.6 Å². The van der Waals surface area contributed by atoms with Crippen molar-refractivity contribution in [1.29, 1.82) is 0 Å². The molecular weight excluding hydrogens is 389 g/mol. The van der Waals surface area contributed by atoms with Crippen LogP contribution in [0.5, 0.6) is 0 Å². The highest BCUT2D eigenvalue weighted by Gasteiger charge is 2.11. The van der Waals surface area contributed by atoms with Crippen molar-refractivity contribution in [2.24, 2.45) is 0 Å². The second-order valence-corrected chi connectivity index (χ2v) is 6.25. The maximum atomic E-state index is 13.0. The van der Waals surface area contributed by atoms with Crippen LogP contribution in [0.15, 0.2) is 59.1 Å². The fraction of sp³-hybridized carbons (Fsp3) is 0.158. The summed E-state index contributed by atoms with van der Waals surface area (Å²) in [6, 6.07) is 13.1. The maximum Gasteiger partial charge on any atom is 0.331 e. The molecule has 0 aliphatic rings. The first kappa shape index (κ1) is 18.9. The van der Waals surface area contributed by atoms with E-state index in [9.17, 15) is 14.0 Å². The fourth-order valence-electron chi connectivity index (χ4n) is 2.08. The molecule has 6 heteroatoms. The number of carbonyl (C=O) groups is 2. The Hall–Kier alpha value is -2.47. The minimum atomic E-state index is -0.671. The zero-order chi connectivity index (χ0) is 18.2. The summed E-state index contributed by atoms with van der Waals surface area (Å²) in [5.74, 6) is -1.46. The highest BCUT2D eigenvalue weighted by atomic mass is 79.9. The number of hydrogen-bond donors (Lipinski definition) is 1. The van der Waals surface area contributed by atoms with Crippen LogP contribution in [0.4, 0.5) is 4.39 Å². The monoisotopic (exact) mass is 405 g/mol. The first-order chi connectivity index (χ1) is 11.9. The van der Waals surface area contributed by atoms with E-state index in [4.69, 9.17) is 4.74 Å². The summed E-state index contributed by atoms with van der Waals surface area (Å²) in [5.41, 5.74) is 1.47. The number of esters is 1. The lowest BCUT2D eigenvalue weighted by Gasteiger charge is -2.14. The minimum Gasteiger partial charge on any atom is -0.452 e. The topological polar surface area (TPSA) is 55.4 Å². The van der Waals surface area contributed by atoms with Gasteiger partial charge < -0.3 is 10.1 Å². The van der Waals surface area contributed by atoms with E-state index in [1.54, 1.807) is 6.07 Å². The van der Waals surface area contributed by atoms with Gasteiger partial charge >= 0.3 is 5.97 Å². The third-order valence-electron chi connectivity index (χ3n) is 3.35. The van der Waals surface area contributed by atoms with Gasteiger partial charge in [0.25, 0.3) is 5.91 Å². The molecular formula is C19H17BrFNO3. The largest absolute Gasteiger partial charge is 0.452 e. The summed E-state index contributed by atoms with van der Waals surface area (Å²) in [6.07, 6.45) is 2.58. The van der Waals surface area contributed by atoms with E-state index < -0.39 is 17.7 Å². The van der Waals surface area contributed by atoms with Gasteiger partial charge in [-0.25, -0.2) is 9.18 Å². The van der Waals surface area contributed by atoms with Crippen LogP contribution in [0.1, 0.15) is 24.1 Å².